The third kappa shape index (κ3) is 2.05. The molecule has 1 aliphatic carbocycles. The van der Waals surface area contributed by atoms with Crippen molar-refractivity contribution in [1.82, 2.24) is 10.2 Å². The van der Waals surface area contributed by atoms with Crippen molar-refractivity contribution in [2.45, 2.75) is 51.1 Å². The van der Waals surface area contributed by atoms with Gasteiger partial charge in [0.15, 0.2) is 0 Å². The van der Waals surface area contributed by atoms with Gasteiger partial charge in [-0.25, -0.2) is 0 Å². The number of fused-ring (bicyclic) bond motifs is 1. The molecule has 0 spiro atoms. The Morgan fingerprint density at radius 2 is 2.15 bits per heavy atom. The molecule has 2 fully saturated rings. The second-order valence-corrected chi connectivity index (χ2v) is 4.45. The maximum absolute atomic E-state index is 3.67. The summed E-state index contributed by atoms with van der Waals surface area (Å²) in [6.07, 6.45) is 7.03. The summed E-state index contributed by atoms with van der Waals surface area (Å²) in [6, 6.07) is 1.68. The van der Waals surface area contributed by atoms with Gasteiger partial charge in [0.2, 0.25) is 0 Å². The van der Waals surface area contributed by atoms with Crippen molar-refractivity contribution in [3.8, 4) is 0 Å². The van der Waals surface area contributed by atoms with Crippen molar-refractivity contribution in [2.75, 3.05) is 19.6 Å². The molecule has 2 rings (SSSR count). The van der Waals surface area contributed by atoms with Gasteiger partial charge in [0, 0.05) is 25.2 Å². The van der Waals surface area contributed by atoms with Crippen molar-refractivity contribution in [1.29, 1.82) is 0 Å². The topological polar surface area (TPSA) is 15.3 Å². The van der Waals surface area contributed by atoms with Crippen LogP contribution in [0.2, 0.25) is 0 Å². The fourth-order valence-electron chi connectivity index (χ4n) is 2.91. The van der Waals surface area contributed by atoms with E-state index in [2.05, 4.69) is 17.1 Å². The van der Waals surface area contributed by atoms with Crippen molar-refractivity contribution >= 4 is 0 Å². The van der Waals surface area contributed by atoms with E-state index in [0.717, 1.165) is 12.1 Å². The first kappa shape index (κ1) is 9.47. The number of hydrogen-bond donors (Lipinski definition) is 1. The molecule has 2 aliphatic rings. The highest BCUT2D eigenvalue weighted by atomic mass is 15.2. The molecule has 2 nitrogen and oxygen atoms in total. The zero-order valence-corrected chi connectivity index (χ0v) is 8.76. The fraction of sp³-hybridized carbons (Fsp3) is 1.00. The Morgan fingerprint density at radius 3 is 3.00 bits per heavy atom. The van der Waals surface area contributed by atoms with Gasteiger partial charge in [-0.2, -0.15) is 0 Å². The Hall–Kier alpha value is -0.0800. The molecule has 0 bridgehead atoms. The van der Waals surface area contributed by atoms with Gasteiger partial charge in [0.25, 0.3) is 0 Å². The van der Waals surface area contributed by atoms with Crippen LogP contribution in [0.25, 0.3) is 0 Å². The van der Waals surface area contributed by atoms with Crippen molar-refractivity contribution in [3.05, 3.63) is 0 Å². The van der Waals surface area contributed by atoms with Gasteiger partial charge in [0.05, 0.1) is 0 Å². The molecule has 13 heavy (non-hydrogen) atoms. The predicted molar refractivity (Wildman–Crippen MR) is 55.9 cm³/mol. The van der Waals surface area contributed by atoms with Crippen LogP contribution in [0.1, 0.15) is 39.0 Å². The molecule has 1 saturated heterocycles. The van der Waals surface area contributed by atoms with Crippen molar-refractivity contribution < 1.29 is 0 Å². The highest BCUT2D eigenvalue weighted by Gasteiger charge is 2.31. The molecular weight excluding hydrogens is 160 g/mol. The van der Waals surface area contributed by atoms with E-state index in [9.17, 15) is 0 Å². The van der Waals surface area contributed by atoms with E-state index < -0.39 is 0 Å². The summed E-state index contributed by atoms with van der Waals surface area (Å²) in [4.78, 5) is 2.71. The molecule has 0 amide bonds. The van der Waals surface area contributed by atoms with Crippen LogP contribution < -0.4 is 5.32 Å². The highest BCUT2D eigenvalue weighted by Crippen LogP contribution is 2.25. The van der Waals surface area contributed by atoms with Crippen LogP contribution in [-0.2, 0) is 0 Å². The summed E-state index contributed by atoms with van der Waals surface area (Å²) in [5.74, 6) is 0. The van der Waals surface area contributed by atoms with E-state index >= 15 is 0 Å². The zero-order chi connectivity index (χ0) is 9.10. The first-order valence-electron chi connectivity index (χ1n) is 5.89. The number of nitrogens with one attached hydrogen (secondary N) is 1. The van der Waals surface area contributed by atoms with E-state index in [4.69, 9.17) is 0 Å². The molecule has 1 N–H and O–H groups in total. The third-order valence-corrected chi connectivity index (χ3v) is 3.51. The number of nitrogens with zero attached hydrogens (tertiary/aromatic N) is 1. The van der Waals surface area contributed by atoms with Crippen LogP contribution in [-0.4, -0.2) is 36.6 Å². The summed E-state index contributed by atoms with van der Waals surface area (Å²) in [5, 5.41) is 3.67. The van der Waals surface area contributed by atoms with Crippen LogP contribution in [0.15, 0.2) is 0 Å². The monoisotopic (exact) mass is 182 g/mol. The Balaban J connectivity index is 1.94. The van der Waals surface area contributed by atoms with E-state index in [-0.39, 0.29) is 0 Å². The minimum absolute atomic E-state index is 0.814. The Labute approximate surface area is 81.7 Å². The first-order chi connectivity index (χ1) is 6.42. The SMILES string of the molecule is CCCN1CCN[C@H]2CCCC[C@@H]21. The number of piperazine rings is 1. The van der Waals surface area contributed by atoms with Crippen LogP contribution in [0.5, 0.6) is 0 Å². The smallest absolute Gasteiger partial charge is 0.0249 e. The van der Waals surface area contributed by atoms with E-state index in [1.54, 1.807) is 0 Å². The quantitative estimate of drug-likeness (QED) is 0.698. The molecule has 0 radical (unpaired) electrons. The van der Waals surface area contributed by atoms with Crippen LogP contribution >= 0.6 is 0 Å². The maximum atomic E-state index is 3.67. The molecule has 2 heteroatoms. The van der Waals surface area contributed by atoms with Gasteiger partial charge in [-0.1, -0.05) is 19.8 Å². The lowest BCUT2D eigenvalue weighted by Gasteiger charge is -2.44. The Morgan fingerprint density at radius 1 is 1.31 bits per heavy atom. The van der Waals surface area contributed by atoms with Gasteiger partial charge in [0.1, 0.15) is 0 Å². The second kappa shape index (κ2) is 4.43. The summed E-state index contributed by atoms with van der Waals surface area (Å²) >= 11 is 0. The molecule has 0 aromatic heterocycles. The predicted octanol–water partition coefficient (Wildman–Crippen LogP) is 1.61. The van der Waals surface area contributed by atoms with Gasteiger partial charge < -0.3 is 5.32 Å². The summed E-state index contributed by atoms with van der Waals surface area (Å²) in [6.45, 7) is 6.08. The third-order valence-electron chi connectivity index (χ3n) is 3.51. The van der Waals surface area contributed by atoms with Gasteiger partial charge in [-0.3, -0.25) is 4.90 Å². The Bertz CT molecular complexity index is 154. The normalized spacial score (nSPS) is 35.8. The van der Waals surface area contributed by atoms with Crippen molar-refractivity contribution in [3.63, 3.8) is 0 Å². The Kier molecular flexibility index (Phi) is 3.23. The lowest BCUT2D eigenvalue weighted by molar-refractivity contribution is 0.0883. The molecule has 2 atom stereocenters. The maximum Gasteiger partial charge on any atom is 0.0249 e. The van der Waals surface area contributed by atoms with Crippen molar-refractivity contribution in [2.24, 2.45) is 0 Å². The molecule has 0 unspecified atom stereocenters. The average Bonchev–Trinajstić information content (AvgIpc) is 2.19. The summed E-state index contributed by atoms with van der Waals surface area (Å²) in [5.41, 5.74) is 0. The van der Waals surface area contributed by atoms with Crippen LogP contribution in [0.3, 0.4) is 0 Å². The molecular formula is C11H22N2. The lowest BCUT2D eigenvalue weighted by Crippen LogP contribution is -2.58. The highest BCUT2D eigenvalue weighted by molar-refractivity contribution is 4.91. The van der Waals surface area contributed by atoms with Gasteiger partial charge in [-0.05, 0) is 25.8 Å². The minimum atomic E-state index is 0.814. The van der Waals surface area contributed by atoms with E-state index in [0.29, 0.717) is 0 Å². The molecule has 76 valence electrons. The first-order valence-corrected chi connectivity index (χ1v) is 5.89. The molecule has 1 aliphatic heterocycles. The molecule has 0 aromatic carbocycles. The molecule has 1 heterocycles. The fourth-order valence-corrected chi connectivity index (χ4v) is 2.91. The number of hydrogen-bond acceptors (Lipinski definition) is 2. The number of rotatable bonds is 2. The van der Waals surface area contributed by atoms with E-state index in [1.807, 2.05) is 0 Å². The lowest BCUT2D eigenvalue weighted by atomic mass is 9.87. The van der Waals surface area contributed by atoms with Gasteiger partial charge >= 0.3 is 0 Å². The van der Waals surface area contributed by atoms with Crippen LogP contribution in [0, 0.1) is 0 Å². The molecule has 0 aromatic rings. The largest absolute Gasteiger partial charge is 0.311 e. The van der Waals surface area contributed by atoms with Crippen LogP contribution in [0.4, 0.5) is 0 Å². The zero-order valence-electron chi connectivity index (χ0n) is 8.76. The average molecular weight is 182 g/mol. The summed E-state index contributed by atoms with van der Waals surface area (Å²) in [7, 11) is 0. The van der Waals surface area contributed by atoms with E-state index in [1.165, 1.54) is 51.7 Å². The standard InChI is InChI=1S/C11H22N2/c1-2-8-13-9-7-12-10-5-3-4-6-11(10)13/h10-12H,2-9H2,1H3/t10-,11-/m0/s1. The second-order valence-electron chi connectivity index (χ2n) is 4.45. The summed E-state index contributed by atoms with van der Waals surface area (Å²) < 4.78 is 0. The molecule has 1 saturated carbocycles. The van der Waals surface area contributed by atoms with Gasteiger partial charge in [-0.15, -0.1) is 0 Å². The minimum Gasteiger partial charge on any atom is -0.311 e.